The van der Waals surface area contributed by atoms with Crippen molar-refractivity contribution in [1.29, 1.82) is 0 Å². The highest BCUT2D eigenvalue weighted by atomic mass is 19.1. The van der Waals surface area contributed by atoms with Crippen molar-refractivity contribution in [2.24, 2.45) is 0 Å². The van der Waals surface area contributed by atoms with Gasteiger partial charge in [-0.3, -0.25) is 0 Å². The first kappa shape index (κ1) is 18.9. The molecule has 0 saturated heterocycles. The molecule has 31 heavy (non-hydrogen) atoms. The molecule has 154 valence electrons. The predicted octanol–water partition coefficient (Wildman–Crippen LogP) is 3.71. The third-order valence-electron chi connectivity index (χ3n) is 5.36. The van der Waals surface area contributed by atoms with E-state index < -0.39 is 0 Å². The van der Waals surface area contributed by atoms with Crippen LogP contribution in [0.4, 0.5) is 10.2 Å². The van der Waals surface area contributed by atoms with Gasteiger partial charge in [-0.2, -0.15) is 9.61 Å². The molecule has 3 aromatic heterocycles. The number of nitrogens with zero attached hydrogens (tertiary/aromatic N) is 8. The molecule has 0 bridgehead atoms. The maximum Gasteiger partial charge on any atom is 0.188 e. The SMILES string of the molecule is CC(c1ccc(-n2cncn2)cc1)N(C)c1ccc2nnc(-c3ccccc3F)n2n1. The summed E-state index contributed by atoms with van der Waals surface area (Å²) in [6.45, 7) is 2.10. The van der Waals surface area contributed by atoms with Gasteiger partial charge in [0.2, 0.25) is 0 Å². The first-order chi connectivity index (χ1) is 15.1. The minimum Gasteiger partial charge on any atom is -0.351 e. The smallest absolute Gasteiger partial charge is 0.188 e. The standard InChI is InChI=1S/C22H19FN8/c1-15(16-7-9-17(10-8-16)30-14-24-13-25-30)29(2)21-12-11-20-26-27-22(31(20)28-21)18-5-3-4-6-19(18)23/h3-15H,1-2H3. The van der Waals surface area contributed by atoms with E-state index in [-0.39, 0.29) is 11.9 Å². The van der Waals surface area contributed by atoms with Gasteiger partial charge in [0, 0.05) is 7.05 Å². The first-order valence-corrected chi connectivity index (χ1v) is 9.77. The Hall–Kier alpha value is -4.14. The molecule has 3 heterocycles. The highest BCUT2D eigenvalue weighted by molar-refractivity contribution is 5.60. The molecule has 0 saturated carbocycles. The van der Waals surface area contributed by atoms with E-state index in [4.69, 9.17) is 0 Å². The Morgan fingerprint density at radius 3 is 2.52 bits per heavy atom. The molecule has 0 amide bonds. The monoisotopic (exact) mass is 414 g/mol. The normalized spacial score (nSPS) is 12.2. The second-order valence-electron chi connectivity index (χ2n) is 7.18. The first-order valence-electron chi connectivity index (χ1n) is 9.77. The van der Waals surface area contributed by atoms with Gasteiger partial charge in [-0.15, -0.1) is 15.3 Å². The zero-order valence-electron chi connectivity index (χ0n) is 17.0. The van der Waals surface area contributed by atoms with Gasteiger partial charge >= 0.3 is 0 Å². The van der Waals surface area contributed by atoms with Gasteiger partial charge < -0.3 is 4.90 Å². The summed E-state index contributed by atoms with van der Waals surface area (Å²) in [5.74, 6) is 0.726. The average molecular weight is 414 g/mol. The van der Waals surface area contributed by atoms with Crippen LogP contribution in [-0.2, 0) is 0 Å². The van der Waals surface area contributed by atoms with E-state index in [0.29, 0.717) is 17.0 Å². The van der Waals surface area contributed by atoms with Crippen molar-refractivity contribution in [1.82, 2.24) is 34.6 Å². The van der Waals surface area contributed by atoms with Gasteiger partial charge in [-0.25, -0.2) is 14.1 Å². The predicted molar refractivity (Wildman–Crippen MR) is 114 cm³/mol. The van der Waals surface area contributed by atoms with Crippen molar-refractivity contribution in [2.45, 2.75) is 13.0 Å². The molecule has 8 nitrogen and oxygen atoms in total. The van der Waals surface area contributed by atoms with E-state index in [2.05, 4.69) is 49.3 Å². The maximum absolute atomic E-state index is 14.3. The fourth-order valence-corrected chi connectivity index (χ4v) is 3.45. The molecule has 0 aliphatic rings. The van der Waals surface area contributed by atoms with Crippen LogP contribution < -0.4 is 4.90 Å². The third-order valence-corrected chi connectivity index (χ3v) is 5.36. The molecule has 5 aromatic rings. The maximum atomic E-state index is 14.3. The summed E-state index contributed by atoms with van der Waals surface area (Å²) in [7, 11) is 1.97. The lowest BCUT2D eigenvalue weighted by Gasteiger charge is -2.26. The lowest BCUT2D eigenvalue weighted by atomic mass is 10.1. The number of rotatable bonds is 5. The molecular weight excluding hydrogens is 395 g/mol. The number of hydrogen-bond donors (Lipinski definition) is 0. The Bertz CT molecular complexity index is 1330. The Balaban J connectivity index is 1.46. The minimum absolute atomic E-state index is 0.0446. The van der Waals surface area contributed by atoms with Gasteiger partial charge in [-0.05, 0) is 48.9 Å². The van der Waals surface area contributed by atoms with Gasteiger partial charge in [0.25, 0.3) is 0 Å². The largest absolute Gasteiger partial charge is 0.351 e. The molecule has 0 fully saturated rings. The van der Waals surface area contributed by atoms with E-state index in [0.717, 1.165) is 17.1 Å². The quantitative estimate of drug-likeness (QED) is 0.436. The molecule has 0 radical (unpaired) electrons. The van der Waals surface area contributed by atoms with Crippen LogP contribution in [0.15, 0.2) is 73.3 Å². The van der Waals surface area contributed by atoms with Crippen LogP contribution in [-0.4, -0.2) is 41.6 Å². The molecule has 0 spiro atoms. The molecule has 9 heteroatoms. The Morgan fingerprint density at radius 1 is 0.968 bits per heavy atom. The number of anilines is 1. The van der Waals surface area contributed by atoms with Crippen molar-refractivity contribution < 1.29 is 4.39 Å². The summed E-state index contributed by atoms with van der Waals surface area (Å²) in [6.07, 6.45) is 3.17. The Kier molecular flexibility index (Phi) is 4.62. The number of benzene rings is 2. The second-order valence-corrected chi connectivity index (χ2v) is 7.18. The van der Waals surface area contributed by atoms with Gasteiger partial charge in [0.15, 0.2) is 11.5 Å². The average Bonchev–Trinajstić information content (AvgIpc) is 3.48. The lowest BCUT2D eigenvalue weighted by molar-refractivity contribution is 0.629. The molecule has 0 aliphatic carbocycles. The number of halogens is 1. The van der Waals surface area contributed by atoms with E-state index in [9.17, 15) is 4.39 Å². The van der Waals surface area contributed by atoms with Crippen molar-refractivity contribution in [3.63, 3.8) is 0 Å². The van der Waals surface area contributed by atoms with E-state index in [1.165, 1.54) is 12.4 Å². The zero-order chi connectivity index (χ0) is 21.4. The van der Waals surface area contributed by atoms with E-state index >= 15 is 0 Å². The van der Waals surface area contributed by atoms with Crippen LogP contribution >= 0.6 is 0 Å². The highest BCUT2D eigenvalue weighted by Gasteiger charge is 2.17. The third kappa shape index (κ3) is 3.39. The van der Waals surface area contributed by atoms with Gasteiger partial charge in [-0.1, -0.05) is 24.3 Å². The summed E-state index contributed by atoms with van der Waals surface area (Å²) >= 11 is 0. The van der Waals surface area contributed by atoms with E-state index in [1.54, 1.807) is 33.7 Å². The number of hydrogen-bond acceptors (Lipinski definition) is 6. The zero-order valence-corrected chi connectivity index (χ0v) is 17.0. The van der Waals surface area contributed by atoms with E-state index in [1.807, 2.05) is 31.3 Å². The van der Waals surface area contributed by atoms with Crippen molar-refractivity contribution in [3.05, 3.63) is 84.7 Å². The van der Waals surface area contributed by atoms with Crippen molar-refractivity contribution in [3.8, 4) is 17.1 Å². The fourth-order valence-electron chi connectivity index (χ4n) is 3.45. The molecule has 1 unspecified atom stereocenters. The molecule has 0 aliphatic heterocycles. The summed E-state index contributed by atoms with van der Waals surface area (Å²) in [4.78, 5) is 6.03. The molecule has 2 aromatic carbocycles. The van der Waals surface area contributed by atoms with Crippen LogP contribution in [0.5, 0.6) is 0 Å². The Labute approximate surface area is 177 Å². The van der Waals surface area contributed by atoms with Gasteiger partial charge in [0.1, 0.15) is 24.3 Å². The summed E-state index contributed by atoms with van der Waals surface area (Å²) < 4.78 is 17.6. The molecule has 0 N–H and O–H groups in total. The lowest BCUT2D eigenvalue weighted by Crippen LogP contribution is -2.23. The van der Waals surface area contributed by atoms with Crippen LogP contribution in [0.3, 0.4) is 0 Å². The topological polar surface area (TPSA) is 77.0 Å². The number of fused-ring (bicyclic) bond motifs is 1. The van der Waals surface area contributed by atoms with Crippen LogP contribution in [0.2, 0.25) is 0 Å². The summed E-state index contributed by atoms with van der Waals surface area (Å²) in [5.41, 5.74) is 2.97. The summed E-state index contributed by atoms with van der Waals surface area (Å²) in [5, 5.41) is 17.1. The van der Waals surface area contributed by atoms with Crippen molar-refractivity contribution in [2.75, 3.05) is 11.9 Å². The van der Waals surface area contributed by atoms with Crippen LogP contribution in [0.1, 0.15) is 18.5 Å². The molecule has 5 rings (SSSR count). The van der Waals surface area contributed by atoms with Gasteiger partial charge in [0.05, 0.1) is 17.3 Å². The molecular formula is C22H19FN8. The Morgan fingerprint density at radius 2 is 1.77 bits per heavy atom. The summed E-state index contributed by atoms with van der Waals surface area (Å²) in [6, 6.07) is 18.4. The minimum atomic E-state index is -0.363. The number of aromatic nitrogens is 7. The van der Waals surface area contributed by atoms with Crippen molar-refractivity contribution >= 4 is 11.5 Å². The fraction of sp³-hybridized carbons (Fsp3) is 0.136. The second kappa shape index (κ2) is 7.60. The molecule has 1 atom stereocenters. The highest BCUT2D eigenvalue weighted by Crippen LogP contribution is 2.26. The van der Waals surface area contributed by atoms with Crippen LogP contribution in [0.25, 0.3) is 22.7 Å². The van der Waals surface area contributed by atoms with Crippen LogP contribution in [0, 0.1) is 5.82 Å².